The number of carbonyl (C=O) groups excluding carboxylic acids is 1. The van der Waals surface area contributed by atoms with Gasteiger partial charge in [-0.1, -0.05) is 0 Å². The van der Waals surface area contributed by atoms with Gasteiger partial charge in [0.1, 0.15) is 11.4 Å². The van der Waals surface area contributed by atoms with Gasteiger partial charge in [0.2, 0.25) is 5.91 Å². The highest BCUT2D eigenvalue weighted by atomic mass is 32.1. The molecule has 6 nitrogen and oxygen atoms in total. The lowest BCUT2D eigenvalue weighted by Crippen LogP contribution is -2.58. The number of nitrogens with zero attached hydrogens (tertiary/aromatic N) is 2. The van der Waals surface area contributed by atoms with Gasteiger partial charge >= 0.3 is 0 Å². The summed E-state index contributed by atoms with van der Waals surface area (Å²) >= 11 is 1.36. The van der Waals surface area contributed by atoms with Crippen LogP contribution in [0.1, 0.15) is 19.3 Å². The number of thiazole rings is 1. The number of methoxy groups -OCH3 is 1. The molecule has 3 heterocycles. The van der Waals surface area contributed by atoms with Gasteiger partial charge in [-0.25, -0.2) is 9.37 Å². The van der Waals surface area contributed by atoms with E-state index in [0.29, 0.717) is 18.2 Å². The number of anilines is 1. The fourth-order valence-electron chi connectivity index (χ4n) is 4.13. The molecule has 1 N–H and O–H groups in total. The molecule has 1 spiro atoms. The number of halogens is 1. The van der Waals surface area contributed by atoms with Gasteiger partial charge in [-0.2, -0.15) is 0 Å². The first kappa shape index (κ1) is 19.4. The minimum Gasteiger partial charge on any atom is -0.378 e. The monoisotopic (exact) mass is 405 g/mol. The standard InChI is InChI=1S/C20H24FN3O3S/c1-26-17-7-9-24(13-20(17)8-2-10-27-20)11-18(25)23-19-22-16(12-28-19)14-3-5-15(21)6-4-14/h3-6,12,17H,2,7-11,13H2,1H3,(H,22,23,25)/t17-,20-/m0/s1. The molecule has 0 saturated carbocycles. The average molecular weight is 405 g/mol. The summed E-state index contributed by atoms with van der Waals surface area (Å²) in [6, 6.07) is 6.16. The number of ether oxygens (including phenoxy) is 2. The van der Waals surface area contributed by atoms with E-state index < -0.39 is 0 Å². The largest absolute Gasteiger partial charge is 0.378 e. The van der Waals surface area contributed by atoms with Gasteiger partial charge in [0, 0.05) is 37.7 Å². The van der Waals surface area contributed by atoms with E-state index in [0.717, 1.165) is 43.7 Å². The van der Waals surface area contributed by atoms with E-state index in [1.807, 2.05) is 5.38 Å². The van der Waals surface area contributed by atoms with Crippen molar-refractivity contribution in [2.45, 2.75) is 31.0 Å². The third kappa shape index (κ3) is 4.10. The van der Waals surface area contributed by atoms with E-state index in [2.05, 4.69) is 15.2 Å². The molecule has 4 rings (SSSR count). The number of nitrogens with one attached hydrogen (secondary N) is 1. The second kappa shape index (κ2) is 8.24. The Labute approximate surface area is 167 Å². The quantitative estimate of drug-likeness (QED) is 0.828. The lowest BCUT2D eigenvalue weighted by molar-refractivity contribution is -0.146. The zero-order valence-corrected chi connectivity index (χ0v) is 16.6. The maximum Gasteiger partial charge on any atom is 0.240 e. The summed E-state index contributed by atoms with van der Waals surface area (Å²) in [5.74, 6) is -0.377. The van der Waals surface area contributed by atoms with E-state index in [-0.39, 0.29) is 23.4 Å². The Kier molecular flexibility index (Phi) is 5.73. The van der Waals surface area contributed by atoms with Gasteiger partial charge in [-0.3, -0.25) is 9.69 Å². The molecule has 28 heavy (non-hydrogen) atoms. The molecule has 1 aromatic carbocycles. The minimum absolute atomic E-state index is 0.0894. The van der Waals surface area contributed by atoms with Gasteiger partial charge in [-0.15, -0.1) is 11.3 Å². The van der Waals surface area contributed by atoms with Gasteiger partial charge in [-0.05, 0) is 43.5 Å². The first-order valence-electron chi connectivity index (χ1n) is 9.48. The van der Waals surface area contributed by atoms with E-state index >= 15 is 0 Å². The fourth-order valence-corrected chi connectivity index (χ4v) is 4.87. The molecule has 8 heteroatoms. The van der Waals surface area contributed by atoms with Gasteiger partial charge in [0.25, 0.3) is 0 Å². The zero-order valence-electron chi connectivity index (χ0n) is 15.8. The first-order valence-corrected chi connectivity index (χ1v) is 10.4. The van der Waals surface area contributed by atoms with E-state index in [1.165, 1.54) is 23.5 Å². The van der Waals surface area contributed by atoms with Gasteiger partial charge < -0.3 is 14.8 Å². The summed E-state index contributed by atoms with van der Waals surface area (Å²) in [5.41, 5.74) is 1.25. The van der Waals surface area contributed by atoms with E-state index in [4.69, 9.17) is 9.47 Å². The van der Waals surface area contributed by atoms with Crippen LogP contribution in [0.4, 0.5) is 9.52 Å². The summed E-state index contributed by atoms with van der Waals surface area (Å²) in [6.07, 6.45) is 2.95. The van der Waals surface area contributed by atoms with Crippen LogP contribution in [0.25, 0.3) is 11.3 Å². The highest BCUT2D eigenvalue weighted by molar-refractivity contribution is 7.14. The molecule has 1 aromatic heterocycles. The van der Waals surface area contributed by atoms with Gasteiger partial charge in [0.15, 0.2) is 5.13 Å². The fraction of sp³-hybridized carbons (Fsp3) is 0.500. The Bertz CT molecular complexity index is 820. The van der Waals surface area contributed by atoms with Crippen molar-refractivity contribution in [3.63, 3.8) is 0 Å². The maximum atomic E-state index is 13.1. The lowest BCUT2D eigenvalue weighted by Gasteiger charge is -2.44. The van der Waals surface area contributed by atoms with Crippen LogP contribution >= 0.6 is 11.3 Å². The van der Waals surface area contributed by atoms with E-state index in [1.54, 1.807) is 19.2 Å². The molecule has 0 unspecified atom stereocenters. The molecule has 2 aliphatic heterocycles. The Morgan fingerprint density at radius 2 is 2.29 bits per heavy atom. The Morgan fingerprint density at radius 1 is 1.46 bits per heavy atom. The Hall–Kier alpha value is -1.87. The molecule has 2 fully saturated rings. The molecule has 2 atom stereocenters. The second-order valence-electron chi connectivity index (χ2n) is 7.33. The highest BCUT2D eigenvalue weighted by Crippen LogP contribution is 2.36. The molecular formula is C20H24FN3O3S. The smallest absolute Gasteiger partial charge is 0.240 e. The van der Waals surface area contributed by atoms with Crippen molar-refractivity contribution >= 4 is 22.4 Å². The number of hydrogen-bond donors (Lipinski definition) is 1. The predicted octanol–water partition coefficient (Wildman–Crippen LogP) is 3.16. The number of carbonyl (C=O) groups is 1. The van der Waals surface area contributed by atoms with Crippen LogP contribution in [-0.2, 0) is 14.3 Å². The van der Waals surface area contributed by atoms with Crippen molar-refractivity contribution in [3.05, 3.63) is 35.5 Å². The van der Waals surface area contributed by atoms with Crippen molar-refractivity contribution in [2.75, 3.05) is 38.7 Å². The SMILES string of the molecule is CO[C@H]1CCN(CC(=O)Nc2nc(-c3ccc(F)cc3)cs2)C[C@@]12CCCO2. The predicted molar refractivity (Wildman–Crippen MR) is 106 cm³/mol. The number of likely N-dealkylation sites (tertiary alicyclic amines) is 1. The number of aromatic nitrogens is 1. The normalized spacial score (nSPS) is 25.3. The molecule has 2 aromatic rings. The van der Waals surface area contributed by atoms with Crippen LogP contribution in [-0.4, -0.2) is 60.8 Å². The Morgan fingerprint density at radius 3 is 3.00 bits per heavy atom. The summed E-state index contributed by atoms with van der Waals surface area (Å²) in [5, 5.41) is 5.28. The van der Waals surface area contributed by atoms with Crippen LogP contribution in [0.3, 0.4) is 0 Å². The molecule has 2 saturated heterocycles. The molecule has 2 aliphatic rings. The van der Waals surface area contributed by atoms with Crippen molar-refractivity contribution < 1.29 is 18.7 Å². The van der Waals surface area contributed by atoms with Crippen molar-refractivity contribution in [2.24, 2.45) is 0 Å². The highest BCUT2D eigenvalue weighted by Gasteiger charge is 2.47. The third-order valence-corrected chi connectivity index (χ3v) is 6.22. The summed E-state index contributed by atoms with van der Waals surface area (Å²) < 4.78 is 24.7. The van der Waals surface area contributed by atoms with Crippen LogP contribution in [0.15, 0.2) is 29.6 Å². The lowest BCUT2D eigenvalue weighted by atomic mass is 9.87. The number of rotatable bonds is 5. The topological polar surface area (TPSA) is 63.7 Å². The number of amides is 1. The van der Waals surface area contributed by atoms with Crippen LogP contribution in [0.5, 0.6) is 0 Å². The third-order valence-electron chi connectivity index (χ3n) is 5.46. The molecule has 0 radical (unpaired) electrons. The molecular weight excluding hydrogens is 381 g/mol. The summed E-state index contributed by atoms with van der Waals surface area (Å²) in [7, 11) is 1.73. The number of piperidine rings is 1. The van der Waals surface area contributed by atoms with Crippen LogP contribution < -0.4 is 5.32 Å². The summed E-state index contributed by atoms with van der Waals surface area (Å²) in [6.45, 7) is 2.56. The van der Waals surface area contributed by atoms with Crippen molar-refractivity contribution in [3.8, 4) is 11.3 Å². The molecule has 150 valence electrons. The minimum atomic E-state index is -0.287. The second-order valence-corrected chi connectivity index (χ2v) is 8.19. The Balaban J connectivity index is 1.35. The molecule has 0 bridgehead atoms. The van der Waals surface area contributed by atoms with E-state index in [9.17, 15) is 9.18 Å². The van der Waals surface area contributed by atoms with Crippen LogP contribution in [0, 0.1) is 5.82 Å². The number of benzene rings is 1. The van der Waals surface area contributed by atoms with Gasteiger partial charge in [0.05, 0.1) is 18.3 Å². The zero-order chi connectivity index (χ0) is 19.6. The van der Waals surface area contributed by atoms with Crippen molar-refractivity contribution in [1.29, 1.82) is 0 Å². The van der Waals surface area contributed by atoms with Crippen LogP contribution in [0.2, 0.25) is 0 Å². The molecule has 1 amide bonds. The average Bonchev–Trinajstić information content (AvgIpc) is 3.33. The summed E-state index contributed by atoms with van der Waals surface area (Å²) in [4.78, 5) is 19.1. The maximum absolute atomic E-state index is 13.1. The molecule has 0 aliphatic carbocycles. The number of hydrogen-bond acceptors (Lipinski definition) is 6. The first-order chi connectivity index (χ1) is 13.6. The van der Waals surface area contributed by atoms with Crippen molar-refractivity contribution in [1.82, 2.24) is 9.88 Å².